The fourth-order valence-electron chi connectivity index (χ4n) is 5.58. The fourth-order valence-corrected chi connectivity index (χ4v) is 5.58. The number of anilines is 6. The Labute approximate surface area is 358 Å². The molecule has 0 heterocycles. The van der Waals surface area contributed by atoms with Crippen molar-refractivity contribution in [2.24, 2.45) is 0 Å². The van der Waals surface area contributed by atoms with Crippen LogP contribution in [-0.4, -0.2) is 0 Å². The van der Waals surface area contributed by atoms with E-state index in [0.717, 1.165) is 45.3 Å². The van der Waals surface area contributed by atoms with Gasteiger partial charge in [-0.25, -0.2) is 0 Å². The molecule has 0 N–H and O–H groups in total. The molecule has 0 aliphatic carbocycles. The zero-order valence-electron chi connectivity index (χ0n) is 27.6. The van der Waals surface area contributed by atoms with Crippen molar-refractivity contribution in [2.75, 3.05) is 9.80 Å². The molecular formula is C46H38N2Tb2. The van der Waals surface area contributed by atoms with Crippen molar-refractivity contribution in [3.8, 4) is 11.1 Å². The minimum absolute atomic E-state index is 0. The summed E-state index contributed by atoms with van der Waals surface area (Å²) in [6.07, 6.45) is 3.73. The number of hydrogen-bond acceptors (Lipinski definition) is 2. The van der Waals surface area contributed by atoms with Crippen LogP contribution in [0.1, 0.15) is 11.1 Å². The Bertz CT molecular complexity index is 1970. The topological polar surface area (TPSA) is 6.48 Å². The van der Waals surface area contributed by atoms with E-state index in [0.29, 0.717) is 0 Å². The van der Waals surface area contributed by atoms with Gasteiger partial charge in [-0.05, 0) is 95.1 Å². The zero-order valence-corrected chi connectivity index (χ0v) is 31.9. The van der Waals surface area contributed by atoms with Crippen LogP contribution in [0.25, 0.3) is 23.3 Å². The van der Waals surface area contributed by atoms with Gasteiger partial charge in [0.15, 0.2) is 0 Å². The van der Waals surface area contributed by atoms with Crippen LogP contribution in [-0.2, 0) is 0 Å². The molecule has 0 saturated carbocycles. The van der Waals surface area contributed by atoms with Crippen molar-refractivity contribution in [2.45, 2.75) is 0 Å². The summed E-state index contributed by atoms with van der Waals surface area (Å²) in [6.45, 7) is 7.65. The number of nitrogens with zero attached hydrogens (tertiary/aromatic N) is 2. The summed E-state index contributed by atoms with van der Waals surface area (Å²) in [6, 6.07) is 67.3. The molecule has 0 spiro atoms. The number of rotatable bonds is 9. The molecule has 0 fully saturated rings. The van der Waals surface area contributed by atoms with Crippen molar-refractivity contribution < 1.29 is 77.2 Å². The summed E-state index contributed by atoms with van der Waals surface area (Å²) in [5, 5.41) is 0. The second kappa shape index (κ2) is 20.1. The molecule has 0 atom stereocenters. The quantitative estimate of drug-likeness (QED) is 0.142. The van der Waals surface area contributed by atoms with Crippen LogP contribution in [0.5, 0.6) is 0 Å². The molecule has 4 heteroatoms. The molecule has 7 rings (SSSR count). The van der Waals surface area contributed by atoms with Gasteiger partial charge in [-0.15, -0.1) is 0 Å². The Hall–Kier alpha value is -3.81. The summed E-state index contributed by atoms with van der Waals surface area (Å²) in [5.74, 6) is 0. The van der Waals surface area contributed by atoms with Crippen LogP contribution in [0, 0.1) is 77.2 Å². The van der Waals surface area contributed by atoms with Crippen LogP contribution in [0.3, 0.4) is 0 Å². The van der Waals surface area contributed by atoms with Crippen LogP contribution in [0.2, 0.25) is 0 Å². The van der Waals surface area contributed by atoms with Gasteiger partial charge in [0.05, 0.1) is 0 Å². The molecule has 0 saturated heterocycles. The Balaban J connectivity index is 0.000000222. The van der Waals surface area contributed by atoms with Crippen molar-refractivity contribution in [1.29, 1.82) is 0 Å². The molecule has 0 unspecified atom stereocenters. The number of hydrogen-bond donors (Lipinski definition) is 0. The van der Waals surface area contributed by atoms with Gasteiger partial charge in [-0.2, -0.15) is 0 Å². The van der Waals surface area contributed by atoms with Crippen molar-refractivity contribution in [1.82, 2.24) is 0 Å². The first-order valence-electron chi connectivity index (χ1n) is 16.1. The standard InChI is InChI=1S/C26H21N.C20H17N.2Tb/c1-2-21-13-17-25(18-14-21)27(24-11-7-4-8-12-24)26-19-15-23(16-20-26)22-9-5-3-6-10-22;1-2-17-13-15-20(16-14-17)21(18-9-5-3-6-10-18)19-11-7-4-8-12-19;;/h2-20H,1H2;2-16H,1H2;;. The molecule has 0 amide bonds. The third-order valence-corrected chi connectivity index (χ3v) is 8.05. The van der Waals surface area contributed by atoms with Crippen molar-refractivity contribution in [3.63, 3.8) is 0 Å². The van der Waals surface area contributed by atoms with E-state index in [1.807, 2.05) is 36.4 Å². The van der Waals surface area contributed by atoms with Gasteiger partial charge in [-0.3, -0.25) is 0 Å². The van der Waals surface area contributed by atoms with Crippen LogP contribution >= 0.6 is 0 Å². The van der Waals surface area contributed by atoms with E-state index < -0.39 is 0 Å². The van der Waals surface area contributed by atoms with E-state index in [4.69, 9.17) is 0 Å². The molecule has 0 aliphatic rings. The number of para-hydroxylation sites is 3. The maximum atomic E-state index is 3.85. The summed E-state index contributed by atoms with van der Waals surface area (Å²) >= 11 is 0. The third-order valence-electron chi connectivity index (χ3n) is 8.05. The molecule has 7 aromatic rings. The monoisotopic (exact) mass is 936 g/mol. The predicted octanol–water partition coefficient (Wildman–Crippen LogP) is 13.3. The second-order valence-electron chi connectivity index (χ2n) is 11.2. The summed E-state index contributed by atoms with van der Waals surface area (Å²) in [4.78, 5) is 4.51. The van der Waals surface area contributed by atoms with Gasteiger partial charge in [0.2, 0.25) is 0 Å². The largest absolute Gasteiger partial charge is 0.311 e. The van der Waals surface area contributed by atoms with Crippen LogP contribution in [0.15, 0.2) is 207 Å². The number of benzene rings is 7. The van der Waals surface area contributed by atoms with Crippen LogP contribution < -0.4 is 9.80 Å². The molecule has 250 valence electrons. The Morgan fingerprint density at radius 3 is 0.820 bits per heavy atom. The fraction of sp³-hybridized carbons (Fsp3) is 0. The molecule has 0 bridgehead atoms. The van der Waals surface area contributed by atoms with E-state index in [1.165, 1.54) is 11.1 Å². The molecule has 50 heavy (non-hydrogen) atoms. The van der Waals surface area contributed by atoms with E-state index in [-0.39, 0.29) is 77.2 Å². The normalized spacial score (nSPS) is 9.84. The minimum atomic E-state index is 0. The predicted molar refractivity (Wildman–Crippen MR) is 208 cm³/mol. The van der Waals surface area contributed by atoms with E-state index >= 15 is 0 Å². The molecule has 2 nitrogen and oxygen atoms in total. The minimum Gasteiger partial charge on any atom is -0.311 e. The third kappa shape index (κ3) is 10.1. The SMILES string of the molecule is C=Cc1ccc(N(c2ccccc2)c2ccc(-c3ccccc3)cc2)cc1.C=Cc1ccc(N(c2ccccc2)c2ccccc2)cc1.[Tb].[Tb]. The van der Waals surface area contributed by atoms with E-state index in [2.05, 4.69) is 193 Å². The van der Waals surface area contributed by atoms with Crippen molar-refractivity contribution in [3.05, 3.63) is 218 Å². The first-order valence-corrected chi connectivity index (χ1v) is 16.1. The maximum Gasteiger partial charge on any atom is 0.0462 e. The van der Waals surface area contributed by atoms with E-state index in [1.54, 1.807) is 0 Å². The average Bonchev–Trinajstić information content (AvgIpc) is 3.18. The van der Waals surface area contributed by atoms with Gasteiger partial charge >= 0.3 is 0 Å². The Kier molecular flexibility index (Phi) is 15.7. The zero-order chi connectivity index (χ0) is 33.0. The van der Waals surface area contributed by atoms with Gasteiger partial charge in [0, 0.05) is 111 Å². The average molecular weight is 937 g/mol. The molecule has 2 radical (unpaired) electrons. The van der Waals surface area contributed by atoms with Crippen LogP contribution in [0.4, 0.5) is 34.1 Å². The molecule has 7 aromatic carbocycles. The first kappa shape index (κ1) is 39.0. The van der Waals surface area contributed by atoms with Gasteiger partial charge in [0.25, 0.3) is 0 Å². The molecule has 0 aliphatic heterocycles. The van der Waals surface area contributed by atoms with Gasteiger partial charge in [0.1, 0.15) is 0 Å². The summed E-state index contributed by atoms with van der Waals surface area (Å²) < 4.78 is 0. The molecular weight excluding hydrogens is 898 g/mol. The Morgan fingerprint density at radius 1 is 0.280 bits per heavy atom. The maximum absolute atomic E-state index is 3.85. The second-order valence-corrected chi connectivity index (χ2v) is 11.2. The summed E-state index contributed by atoms with van der Waals surface area (Å²) in [7, 11) is 0. The van der Waals surface area contributed by atoms with Gasteiger partial charge in [-0.1, -0.05) is 147 Å². The van der Waals surface area contributed by atoms with Crippen molar-refractivity contribution >= 4 is 46.3 Å². The van der Waals surface area contributed by atoms with Gasteiger partial charge < -0.3 is 9.80 Å². The smallest absolute Gasteiger partial charge is 0.0462 e. The Morgan fingerprint density at radius 2 is 0.520 bits per heavy atom. The molecule has 0 aromatic heterocycles. The first-order chi connectivity index (χ1) is 23.7. The summed E-state index contributed by atoms with van der Waals surface area (Å²) in [5.41, 5.74) is 11.5. The van der Waals surface area contributed by atoms with E-state index in [9.17, 15) is 0 Å².